The number of carbonyl (C=O) groups excluding carboxylic acids is 1. The molecular formula is C19H18N4O3. The largest absolute Gasteiger partial charge is 0.497 e. The van der Waals surface area contributed by atoms with Crippen LogP contribution in [0.25, 0.3) is 11.3 Å². The molecule has 0 saturated carbocycles. The molecule has 0 atom stereocenters. The first-order valence-electron chi connectivity index (χ1n) is 8.06. The summed E-state index contributed by atoms with van der Waals surface area (Å²) in [7, 11) is 1.60. The number of pyridine rings is 1. The Morgan fingerprint density at radius 1 is 1.15 bits per heavy atom. The van der Waals surface area contributed by atoms with Crippen molar-refractivity contribution in [2.75, 3.05) is 13.7 Å². The maximum atomic E-state index is 12.3. The van der Waals surface area contributed by atoms with Gasteiger partial charge in [-0.05, 0) is 36.4 Å². The number of nitrogens with zero attached hydrogens (tertiary/aromatic N) is 3. The third kappa shape index (κ3) is 4.13. The summed E-state index contributed by atoms with van der Waals surface area (Å²) in [5, 5.41) is 2.77. The Labute approximate surface area is 150 Å². The van der Waals surface area contributed by atoms with Crippen LogP contribution in [0.3, 0.4) is 0 Å². The van der Waals surface area contributed by atoms with E-state index in [1.54, 1.807) is 31.6 Å². The Hall–Kier alpha value is -3.48. The fourth-order valence-electron chi connectivity index (χ4n) is 2.41. The molecule has 1 N–H and O–H groups in total. The van der Waals surface area contributed by atoms with Crippen LogP contribution in [0, 0.1) is 0 Å². The second kappa shape index (κ2) is 8.06. The zero-order chi connectivity index (χ0) is 18.4. The molecule has 7 nitrogen and oxygen atoms in total. The molecule has 0 aliphatic rings. The highest BCUT2D eigenvalue weighted by atomic mass is 16.5. The van der Waals surface area contributed by atoms with Crippen LogP contribution in [0.4, 0.5) is 0 Å². The number of ether oxygens (including phenoxy) is 1. The van der Waals surface area contributed by atoms with Gasteiger partial charge in [0.15, 0.2) is 0 Å². The van der Waals surface area contributed by atoms with Crippen LogP contribution in [0.1, 0.15) is 10.4 Å². The van der Waals surface area contributed by atoms with Gasteiger partial charge in [0.1, 0.15) is 5.75 Å². The average molecular weight is 350 g/mol. The van der Waals surface area contributed by atoms with Crippen LogP contribution in [-0.4, -0.2) is 34.1 Å². The van der Waals surface area contributed by atoms with Crippen molar-refractivity contribution in [2.45, 2.75) is 6.54 Å². The molecule has 26 heavy (non-hydrogen) atoms. The topological polar surface area (TPSA) is 86.1 Å². The highest BCUT2D eigenvalue weighted by Gasteiger charge is 2.06. The maximum Gasteiger partial charge on any atom is 0.253 e. The van der Waals surface area contributed by atoms with Gasteiger partial charge in [-0.15, -0.1) is 0 Å². The smallest absolute Gasteiger partial charge is 0.253 e. The Bertz CT molecular complexity index is 937. The van der Waals surface area contributed by atoms with Gasteiger partial charge in [0, 0.05) is 42.7 Å². The lowest BCUT2D eigenvalue weighted by Gasteiger charge is -2.08. The van der Waals surface area contributed by atoms with E-state index in [-0.39, 0.29) is 11.5 Å². The van der Waals surface area contributed by atoms with Crippen LogP contribution in [0.15, 0.2) is 66.0 Å². The van der Waals surface area contributed by atoms with Gasteiger partial charge in [-0.25, -0.2) is 4.98 Å². The molecule has 0 spiro atoms. The maximum absolute atomic E-state index is 12.3. The first kappa shape index (κ1) is 17.3. The summed E-state index contributed by atoms with van der Waals surface area (Å²) in [6, 6.07) is 12.1. The lowest BCUT2D eigenvalue weighted by molar-refractivity contribution is 0.0952. The van der Waals surface area contributed by atoms with Crippen LogP contribution in [0.2, 0.25) is 0 Å². The van der Waals surface area contributed by atoms with E-state index in [2.05, 4.69) is 15.3 Å². The van der Waals surface area contributed by atoms with Gasteiger partial charge in [0.2, 0.25) is 0 Å². The lowest BCUT2D eigenvalue weighted by atomic mass is 10.1. The zero-order valence-electron chi connectivity index (χ0n) is 14.3. The Kier molecular flexibility index (Phi) is 5.38. The predicted molar refractivity (Wildman–Crippen MR) is 97.1 cm³/mol. The van der Waals surface area contributed by atoms with Crippen molar-refractivity contribution in [2.24, 2.45) is 0 Å². The van der Waals surface area contributed by atoms with Gasteiger partial charge in [0.25, 0.3) is 11.5 Å². The second-order valence-electron chi connectivity index (χ2n) is 5.53. The quantitative estimate of drug-likeness (QED) is 0.732. The number of rotatable bonds is 6. The minimum Gasteiger partial charge on any atom is -0.497 e. The highest BCUT2D eigenvalue weighted by Crippen LogP contribution is 2.19. The van der Waals surface area contributed by atoms with Crippen molar-refractivity contribution < 1.29 is 9.53 Å². The van der Waals surface area contributed by atoms with E-state index in [4.69, 9.17) is 4.74 Å². The van der Waals surface area contributed by atoms with Crippen molar-refractivity contribution in [1.82, 2.24) is 19.9 Å². The molecule has 0 fully saturated rings. The number of nitrogens with one attached hydrogen (secondary N) is 1. The van der Waals surface area contributed by atoms with Gasteiger partial charge < -0.3 is 10.1 Å². The Morgan fingerprint density at radius 3 is 2.54 bits per heavy atom. The summed E-state index contributed by atoms with van der Waals surface area (Å²) in [4.78, 5) is 32.4. The van der Waals surface area contributed by atoms with E-state index in [0.29, 0.717) is 24.3 Å². The van der Waals surface area contributed by atoms with Crippen LogP contribution < -0.4 is 15.6 Å². The summed E-state index contributed by atoms with van der Waals surface area (Å²) in [5.41, 5.74) is 1.78. The minimum absolute atomic E-state index is 0.177. The molecule has 132 valence electrons. The van der Waals surface area contributed by atoms with Gasteiger partial charge in [-0.1, -0.05) is 0 Å². The molecule has 1 amide bonds. The molecule has 0 bridgehead atoms. The van der Waals surface area contributed by atoms with E-state index >= 15 is 0 Å². The van der Waals surface area contributed by atoms with Gasteiger partial charge in [-0.3, -0.25) is 19.1 Å². The first-order chi connectivity index (χ1) is 12.7. The lowest BCUT2D eigenvalue weighted by Crippen LogP contribution is -2.30. The number of hydrogen-bond donors (Lipinski definition) is 1. The fraction of sp³-hybridized carbons (Fsp3) is 0.158. The third-order valence-corrected chi connectivity index (χ3v) is 3.85. The molecule has 0 aliphatic carbocycles. The highest BCUT2D eigenvalue weighted by molar-refractivity contribution is 5.93. The van der Waals surface area contributed by atoms with E-state index in [0.717, 1.165) is 11.3 Å². The summed E-state index contributed by atoms with van der Waals surface area (Å²) in [6.45, 7) is 0.663. The average Bonchev–Trinajstić information content (AvgIpc) is 2.70. The zero-order valence-corrected chi connectivity index (χ0v) is 14.3. The summed E-state index contributed by atoms with van der Waals surface area (Å²) < 4.78 is 6.58. The molecule has 7 heteroatoms. The van der Waals surface area contributed by atoms with Crippen molar-refractivity contribution >= 4 is 5.91 Å². The molecule has 2 aromatic heterocycles. The number of amides is 1. The van der Waals surface area contributed by atoms with Gasteiger partial charge >= 0.3 is 0 Å². The van der Waals surface area contributed by atoms with Gasteiger partial charge in [-0.2, -0.15) is 0 Å². The molecule has 3 aromatic rings. The monoisotopic (exact) mass is 350 g/mol. The fourth-order valence-corrected chi connectivity index (χ4v) is 2.41. The number of benzene rings is 1. The van der Waals surface area contributed by atoms with Crippen LogP contribution in [-0.2, 0) is 6.54 Å². The normalized spacial score (nSPS) is 10.3. The molecule has 0 saturated heterocycles. The van der Waals surface area contributed by atoms with Crippen molar-refractivity contribution in [3.8, 4) is 17.0 Å². The van der Waals surface area contributed by atoms with Crippen molar-refractivity contribution in [1.29, 1.82) is 0 Å². The second-order valence-corrected chi connectivity index (χ2v) is 5.53. The molecule has 0 aliphatic heterocycles. The van der Waals surface area contributed by atoms with E-state index < -0.39 is 0 Å². The number of methoxy groups -OCH3 is 1. The third-order valence-electron chi connectivity index (χ3n) is 3.85. The molecule has 2 heterocycles. The standard InChI is InChI=1S/C19H18N4O3/c1-26-16-4-2-14(3-5-16)17-12-18(24)23(13-22-17)11-10-21-19(25)15-6-8-20-9-7-15/h2-9,12-13H,10-11H2,1H3,(H,21,25). The van der Waals surface area contributed by atoms with E-state index in [9.17, 15) is 9.59 Å². The summed E-state index contributed by atoms with van der Waals surface area (Å²) in [6.07, 6.45) is 4.60. The van der Waals surface area contributed by atoms with Crippen LogP contribution in [0.5, 0.6) is 5.75 Å². The summed E-state index contributed by atoms with van der Waals surface area (Å²) in [5.74, 6) is 0.537. The number of hydrogen-bond acceptors (Lipinski definition) is 5. The number of carbonyl (C=O) groups is 1. The molecule has 0 radical (unpaired) electrons. The molecule has 0 unspecified atom stereocenters. The Balaban J connectivity index is 1.62. The van der Waals surface area contributed by atoms with E-state index in [1.807, 2.05) is 24.3 Å². The minimum atomic E-state index is -0.205. The predicted octanol–water partition coefficient (Wildman–Crippen LogP) is 1.74. The van der Waals surface area contributed by atoms with Gasteiger partial charge in [0.05, 0.1) is 19.1 Å². The first-order valence-corrected chi connectivity index (χ1v) is 8.06. The van der Waals surface area contributed by atoms with Crippen molar-refractivity contribution in [3.63, 3.8) is 0 Å². The van der Waals surface area contributed by atoms with Crippen LogP contribution >= 0.6 is 0 Å². The van der Waals surface area contributed by atoms with Crippen molar-refractivity contribution in [3.05, 3.63) is 77.1 Å². The Morgan fingerprint density at radius 2 is 1.88 bits per heavy atom. The molecular weight excluding hydrogens is 332 g/mol. The summed E-state index contributed by atoms with van der Waals surface area (Å²) >= 11 is 0. The number of aromatic nitrogens is 3. The molecule has 3 rings (SSSR count). The SMILES string of the molecule is COc1ccc(-c2cc(=O)n(CCNC(=O)c3ccncc3)cn2)cc1. The van der Waals surface area contributed by atoms with E-state index in [1.165, 1.54) is 17.0 Å². The molecule has 1 aromatic carbocycles.